The second kappa shape index (κ2) is 4.37. The summed E-state index contributed by atoms with van der Waals surface area (Å²) in [5, 5.41) is 4.20. The Bertz CT molecular complexity index is 640. The fraction of sp³-hybridized carbons (Fsp3) is 0. The Morgan fingerprint density at radius 3 is 2.33 bits per heavy atom. The zero-order valence-electron chi connectivity index (χ0n) is 9.82. The Labute approximate surface area is 105 Å². The monoisotopic (exact) mass is 235 g/mol. The average Bonchev–Trinajstić information content (AvgIpc) is 2.94. The summed E-state index contributed by atoms with van der Waals surface area (Å²) in [5.74, 6) is 0. The molecule has 0 fully saturated rings. The largest absolute Gasteiger partial charge is 0.398 e. The third-order valence-electron chi connectivity index (χ3n) is 2.91. The van der Waals surface area contributed by atoms with Crippen molar-refractivity contribution in [2.75, 3.05) is 5.73 Å². The van der Waals surface area contributed by atoms with Crippen LogP contribution in [0.1, 0.15) is 0 Å². The van der Waals surface area contributed by atoms with Crippen LogP contribution in [0.4, 0.5) is 5.69 Å². The Hall–Kier alpha value is -2.55. The number of hydrogen-bond acceptors (Lipinski definition) is 2. The molecule has 0 amide bonds. The molecule has 2 aromatic carbocycles. The number of nitrogens with two attached hydrogens (primary N) is 1. The predicted molar refractivity (Wildman–Crippen MR) is 73.4 cm³/mol. The van der Waals surface area contributed by atoms with Crippen molar-refractivity contribution in [3.8, 4) is 16.8 Å². The van der Waals surface area contributed by atoms with Crippen molar-refractivity contribution in [3.05, 3.63) is 67.0 Å². The van der Waals surface area contributed by atoms with Crippen LogP contribution in [-0.4, -0.2) is 9.78 Å². The number of hydrogen-bond donors (Lipinski definition) is 1. The minimum absolute atomic E-state index is 0.796. The fourth-order valence-corrected chi connectivity index (χ4v) is 1.98. The first-order valence-corrected chi connectivity index (χ1v) is 5.79. The highest BCUT2D eigenvalue weighted by atomic mass is 15.3. The van der Waals surface area contributed by atoms with Gasteiger partial charge < -0.3 is 5.73 Å². The van der Waals surface area contributed by atoms with Crippen LogP contribution in [0.3, 0.4) is 0 Å². The summed E-state index contributed by atoms with van der Waals surface area (Å²) in [5.41, 5.74) is 9.98. The van der Waals surface area contributed by atoms with Crippen LogP contribution in [0.15, 0.2) is 67.0 Å². The van der Waals surface area contributed by atoms with Gasteiger partial charge in [-0.1, -0.05) is 30.3 Å². The molecule has 0 aliphatic heterocycles. The molecule has 0 spiro atoms. The molecule has 0 atom stereocenters. The molecule has 18 heavy (non-hydrogen) atoms. The van der Waals surface area contributed by atoms with Crippen LogP contribution < -0.4 is 5.73 Å². The molecular formula is C15H13N3. The van der Waals surface area contributed by atoms with E-state index in [0.717, 1.165) is 22.5 Å². The fourth-order valence-electron chi connectivity index (χ4n) is 1.98. The lowest BCUT2D eigenvalue weighted by Gasteiger charge is -2.07. The summed E-state index contributed by atoms with van der Waals surface area (Å²) < 4.78 is 1.83. The van der Waals surface area contributed by atoms with E-state index in [0.29, 0.717) is 0 Å². The molecule has 0 bridgehead atoms. The molecule has 3 nitrogen and oxygen atoms in total. The van der Waals surface area contributed by atoms with Gasteiger partial charge in [-0.15, -0.1) is 0 Å². The van der Waals surface area contributed by atoms with E-state index in [4.69, 9.17) is 5.73 Å². The maximum atomic E-state index is 5.97. The zero-order chi connectivity index (χ0) is 12.4. The first-order chi connectivity index (χ1) is 8.84. The number of aromatic nitrogens is 2. The Balaban J connectivity index is 1.99. The minimum Gasteiger partial charge on any atom is -0.398 e. The van der Waals surface area contributed by atoms with E-state index in [-0.39, 0.29) is 0 Å². The molecule has 0 aliphatic carbocycles. The lowest BCUT2D eigenvalue weighted by molar-refractivity contribution is 0.881. The van der Waals surface area contributed by atoms with Gasteiger partial charge in [0.1, 0.15) is 0 Å². The number of para-hydroxylation sites is 1. The summed E-state index contributed by atoms with van der Waals surface area (Å²) >= 11 is 0. The maximum Gasteiger partial charge on any atom is 0.0645 e. The number of anilines is 1. The van der Waals surface area contributed by atoms with Gasteiger partial charge in [-0.2, -0.15) is 5.10 Å². The average molecular weight is 235 g/mol. The van der Waals surface area contributed by atoms with E-state index in [1.165, 1.54) is 0 Å². The van der Waals surface area contributed by atoms with E-state index in [9.17, 15) is 0 Å². The van der Waals surface area contributed by atoms with Crippen molar-refractivity contribution in [2.24, 2.45) is 0 Å². The number of nitrogen functional groups attached to an aromatic ring is 1. The summed E-state index contributed by atoms with van der Waals surface area (Å²) in [4.78, 5) is 0. The Kier molecular flexibility index (Phi) is 2.57. The van der Waals surface area contributed by atoms with Crippen LogP contribution in [0.25, 0.3) is 16.8 Å². The topological polar surface area (TPSA) is 43.8 Å². The molecule has 0 radical (unpaired) electrons. The quantitative estimate of drug-likeness (QED) is 0.693. The van der Waals surface area contributed by atoms with Crippen LogP contribution in [0.2, 0.25) is 0 Å². The van der Waals surface area contributed by atoms with Gasteiger partial charge in [0.05, 0.1) is 5.69 Å². The second-order valence-electron chi connectivity index (χ2n) is 4.08. The number of rotatable bonds is 2. The van der Waals surface area contributed by atoms with Crippen LogP contribution in [-0.2, 0) is 0 Å². The summed E-state index contributed by atoms with van der Waals surface area (Å²) in [6.07, 6.45) is 3.69. The van der Waals surface area contributed by atoms with Crippen molar-refractivity contribution in [2.45, 2.75) is 0 Å². The number of nitrogens with zero attached hydrogens (tertiary/aromatic N) is 2. The molecule has 3 aromatic rings. The van der Waals surface area contributed by atoms with Crippen molar-refractivity contribution in [1.82, 2.24) is 9.78 Å². The zero-order valence-corrected chi connectivity index (χ0v) is 9.82. The third kappa shape index (κ3) is 1.86. The normalized spacial score (nSPS) is 10.4. The van der Waals surface area contributed by atoms with Gasteiger partial charge >= 0.3 is 0 Å². The predicted octanol–water partition coefficient (Wildman–Crippen LogP) is 3.12. The molecule has 0 saturated carbocycles. The van der Waals surface area contributed by atoms with E-state index >= 15 is 0 Å². The molecule has 88 valence electrons. The van der Waals surface area contributed by atoms with Gasteiger partial charge in [-0.05, 0) is 29.8 Å². The van der Waals surface area contributed by atoms with Gasteiger partial charge in [0.2, 0.25) is 0 Å². The molecule has 1 heterocycles. The second-order valence-corrected chi connectivity index (χ2v) is 4.08. The van der Waals surface area contributed by atoms with E-state index in [1.807, 2.05) is 53.3 Å². The summed E-state index contributed by atoms with van der Waals surface area (Å²) in [7, 11) is 0. The highest BCUT2D eigenvalue weighted by Crippen LogP contribution is 2.26. The van der Waals surface area contributed by atoms with E-state index in [1.54, 1.807) is 6.20 Å². The van der Waals surface area contributed by atoms with Crippen molar-refractivity contribution >= 4 is 5.69 Å². The van der Waals surface area contributed by atoms with Crippen molar-refractivity contribution in [3.63, 3.8) is 0 Å². The third-order valence-corrected chi connectivity index (χ3v) is 2.91. The van der Waals surface area contributed by atoms with Crippen LogP contribution in [0.5, 0.6) is 0 Å². The summed E-state index contributed by atoms with van der Waals surface area (Å²) in [6, 6.07) is 18.0. The van der Waals surface area contributed by atoms with Gasteiger partial charge in [0.25, 0.3) is 0 Å². The molecule has 2 N–H and O–H groups in total. The van der Waals surface area contributed by atoms with E-state index in [2.05, 4.69) is 17.2 Å². The van der Waals surface area contributed by atoms with Gasteiger partial charge in [-0.3, -0.25) is 0 Å². The van der Waals surface area contributed by atoms with Gasteiger partial charge in [-0.25, -0.2) is 4.68 Å². The van der Waals surface area contributed by atoms with E-state index < -0.39 is 0 Å². The SMILES string of the molecule is Nc1ccccc1-c1ccc(-n2cccn2)cc1. The van der Waals surface area contributed by atoms with Crippen molar-refractivity contribution < 1.29 is 0 Å². The highest BCUT2D eigenvalue weighted by molar-refractivity contribution is 5.76. The summed E-state index contributed by atoms with van der Waals surface area (Å²) in [6.45, 7) is 0. The van der Waals surface area contributed by atoms with Gasteiger partial charge in [0, 0.05) is 23.6 Å². The molecule has 0 unspecified atom stereocenters. The highest BCUT2D eigenvalue weighted by Gasteiger charge is 2.02. The van der Waals surface area contributed by atoms with Crippen LogP contribution in [0, 0.1) is 0 Å². The molecule has 3 heteroatoms. The first kappa shape index (κ1) is 10.6. The molecule has 0 aliphatic rings. The lowest BCUT2D eigenvalue weighted by atomic mass is 10.0. The molecular weight excluding hydrogens is 222 g/mol. The molecule has 1 aromatic heterocycles. The van der Waals surface area contributed by atoms with Gasteiger partial charge in [0.15, 0.2) is 0 Å². The first-order valence-electron chi connectivity index (χ1n) is 5.79. The lowest BCUT2D eigenvalue weighted by Crippen LogP contribution is -1.94. The molecule has 3 rings (SSSR count). The van der Waals surface area contributed by atoms with Crippen molar-refractivity contribution in [1.29, 1.82) is 0 Å². The number of benzene rings is 2. The van der Waals surface area contributed by atoms with Crippen LogP contribution >= 0.6 is 0 Å². The smallest absolute Gasteiger partial charge is 0.0645 e. The minimum atomic E-state index is 0.796. The maximum absolute atomic E-state index is 5.97. The Morgan fingerprint density at radius 1 is 0.889 bits per heavy atom. The Morgan fingerprint density at radius 2 is 1.67 bits per heavy atom. The standard InChI is InChI=1S/C15H13N3/c16-15-5-2-1-4-14(15)12-6-8-13(9-7-12)18-11-3-10-17-18/h1-11H,16H2. The molecule has 0 saturated heterocycles.